The highest BCUT2D eigenvalue weighted by atomic mass is 16.1. The van der Waals surface area contributed by atoms with Crippen LogP contribution in [0.15, 0.2) is 0 Å². The molecule has 3 N–H and O–H groups in total. The van der Waals surface area contributed by atoms with Gasteiger partial charge in [-0.1, -0.05) is 6.42 Å². The van der Waals surface area contributed by atoms with Crippen LogP contribution in [0.3, 0.4) is 0 Å². The SMILES string of the molecule is CC1CCCCN1CCCCNC(=O)c1n[nH]c2c1CNCC2. The van der Waals surface area contributed by atoms with Crippen molar-refractivity contribution in [3.8, 4) is 0 Å². The number of rotatable bonds is 6. The van der Waals surface area contributed by atoms with Crippen LogP contribution in [0, 0.1) is 0 Å². The van der Waals surface area contributed by atoms with Crippen LogP contribution in [0.2, 0.25) is 0 Å². The Kier molecular flexibility index (Phi) is 5.67. The highest BCUT2D eigenvalue weighted by molar-refractivity contribution is 5.94. The molecule has 0 bridgehead atoms. The molecule has 0 spiro atoms. The molecular formula is C17H29N5O. The first-order valence-electron chi connectivity index (χ1n) is 9.05. The van der Waals surface area contributed by atoms with Crippen LogP contribution in [-0.4, -0.2) is 53.2 Å². The van der Waals surface area contributed by atoms with E-state index in [-0.39, 0.29) is 5.91 Å². The molecule has 1 atom stereocenters. The average Bonchev–Trinajstić information content (AvgIpc) is 3.00. The number of hydrogen-bond donors (Lipinski definition) is 3. The number of hydrogen-bond acceptors (Lipinski definition) is 4. The number of H-pyrrole nitrogens is 1. The van der Waals surface area contributed by atoms with Crippen LogP contribution in [0.25, 0.3) is 0 Å². The van der Waals surface area contributed by atoms with Crippen LogP contribution in [-0.2, 0) is 13.0 Å². The van der Waals surface area contributed by atoms with E-state index in [9.17, 15) is 4.79 Å². The summed E-state index contributed by atoms with van der Waals surface area (Å²) in [5.74, 6) is -0.0439. The summed E-state index contributed by atoms with van der Waals surface area (Å²) in [5, 5.41) is 13.5. The van der Waals surface area contributed by atoms with Crippen LogP contribution < -0.4 is 10.6 Å². The van der Waals surface area contributed by atoms with E-state index >= 15 is 0 Å². The second kappa shape index (κ2) is 7.93. The molecule has 1 amide bonds. The van der Waals surface area contributed by atoms with Crippen molar-refractivity contribution in [2.45, 2.75) is 58.0 Å². The molecule has 1 aromatic heterocycles. The maximum Gasteiger partial charge on any atom is 0.272 e. The molecule has 0 saturated carbocycles. The smallest absolute Gasteiger partial charge is 0.272 e. The zero-order valence-electron chi connectivity index (χ0n) is 14.2. The number of likely N-dealkylation sites (tertiary alicyclic amines) is 1. The Morgan fingerprint density at radius 3 is 3.17 bits per heavy atom. The van der Waals surface area contributed by atoms with Crippen molar-refractivity contribution in [3.05, 3.63) is 17.0 Å². The van der Waals surface area contributed by atoms with Gasteiger partial charge in [-0.25, -0.2) is 0 Å². The third kappa shape index (κ3) is 4.12. The molecule has 1 saturated heterocycles. The molecule has 6 heteroatoms. The molecule has 2 aliphatic rings. The first kappa shape index (κ1) is 16.5. The van der Waals surface area contributed by atoms with Gasteiger partial charge >= 0.3 is 0 Å². The molecule has 0 radical (unpaired) electrons. The highest BCUT2D eigenvalue weighted by Gasteiger charge is 2.21. The maximum absolute atomic E-state index is 12.3. The maximum atomic E-state index is 12.3. The zero-order chi connectivity index (χ0) is 16.1. The molecule has 1 unspecified atom stereocenters. The summed E-state index contributed by atoms with van der Waals surface area (Å²) in [6.07, 6.45) is 7.12. The number of nitrogens with one attached hydrogen (secondary N) is 3. The van der Waals surface area contributed by atoms with Gasteiger partial charge < -0.3 is 15.5 Å². The summed E-state index contributed by atoms with van der Waals surface area (Å²) in [5.41, 5.74) is 2.71. The van der Waals surface area contributed by atoms with Crippen molar-refractivity contribution in [2.75, 3.05) is 26.2 Å². The van der Waals surface area contributed by atoms with Gasteiger partial charge in [0, 0.05) is 43.4 Å². The summed E-state index contributed by atoms with van der Waals surface area (Å²) in [4.78, 5) is 14.8. The number of fused-ring (bicyclic) bond motifs is 1. The van der Waals surface area contributed by atoms with E-state index in [0.29, 0.717) is 5.69 Å². The highest BCUT2D eigenvalue weighted by Crippen LogP contribution is 2.17. The molecule has 23 heavy (non-hydrogen) atoms. The van der Waals surface area contributed by atoms with Gasteiger partial charge in [-0.3, -0.25) is 9.89 Å². The number of amides is 1. The van der Waals surface area contributed by atoms with E-state index in [4.69, 9.17) is 0 Å². The van der Waals surface area contributed by atoms with Crippen LogP contribution >= 0.6 is 0 Å². The fourth-order valence-corrected chi connectivity index (χ4v) is 3.63. The third-order valence-corrected chi connectivity index (χ3v) is 5.12. The Morgan fingerprint density at radius 1 is 1.39 bits per heavy atom. The molecular weight excluding hydrogens is 290 g/mol. The lowest BCUT2D eigenvalue weighted by Crippen LogP contribution is -2.38. The molecule has 1 fully saturated rings. The Balaban J connectivity index is 1.37. The van der Waals surface area contributed by atoms with Gasteiger partial charge in [-0.05, 0) is 45.7 Å². The van der Waals surface area contributed by atoms with E-state index < -0.39 is 0 Å². The third-order valence-electron chi connectivity index (χ3n) is 5.12. The first-order chi connectivity index (χ1) is 11.3. The predicted molar refractivity (Wildman–Crippen MR) is 90.5 cm³/mol. The molecule has 0 aliphatic carbocycles. The zero-order valence-corrected chi connectivity index (χ0v) is 14.2. The summed E-state index contributed by atoms with van der Waals surface area (Å²) >= 11 is 0. The van der Waals surface area contributed by atoms with Crippen molar-refractivity contribution in [1.29, 1.82) is 0 Å². The van der Waals surface area contributed by atoms with E-state index in [1.165, 1.54) is 25.8 Å². The van der Waals surface area contributed by atoms with Gasteiger partial charge in [0.2, 0.25) is 0 Å². The number of piperidine rings is 1. The Labute approximate surface area is 138 Å². The normalized spacial score (nSPS) is 21.9. The molecule has 1 aromatic rings. The molecule has 128 valence electrons. The van der Waals surface area contributed by atoms with E-state index in [1.54, 1.807) is 0 Å². The van der Waals surface area contributed by atoms with Crippen LogP contribution in [0.4, 0.5) is 0 Å². The van der Waals surface area contributed by atoms with Gasteiger partial charge in [-0.2, -0.15) is 5.10 Å². The van der Waals surface area contributed by atoms with Crippen molar-refractivity contribution in [2.24, 2.45) is 0 Å². The number of carbonyl (C=O) groups is 1. The lowest BCUT2D eigenvalue weighted by molar-refractivity contribution is 0.0945. The minimum atomic E-state index is -0.0439. The van der Waals surface area contributed by atoms with E-state index in [0.717, 1.165) is 62.7 Å². The standard InChI is InChI=1S/C17H29N5O/c1-13-6-2-4-10-22(13)11-5-3-8-19-17(23)16-14-12-18-9-7-15(14)20-21-16/h13,18H,2-12H2,1H3,(H,19,23)(H,20,21). The summed E-state index contributed by atoms with van der Waals surface area (Å²) < 4.78 is 0. The van der Waals surface area contributed by atoms with Gasteiger partial charge in [-0.15, -0.1) is 0 Å². The summed E-state index contributed by atoms with van der Waals surface area (Å²) in [6, 6.07) is 0.724. The fraction of sp³-hybridized carbons (Fsp3) is 0.765. The monoisotopic (exact) mass is 319 g/mol. The van der Waals surface area contributed by atoms with Gasteiger partial charge in [0.25, 0.3) is 5.91 Å². The summed E-state index contributed by atoms with van der Waals surface area (Å²) in [6.45, 7) is 7.14. The number of unbranched alkanes of at least 4 members (excludes halogenated alkanes) is 1. The van der Waals surface area contributed by atoms with Gasteiger partial charge in [0.1, 0.15) is 0 Å². The Hall–Kier alpha value is -1.40. The lowest BCUT2D eigenvalue weighted by atomic mass is 10.0. The second-order valence-corrected chi connectivity index (χ2v) is 6.80. The topological polar surface area (TPSA) is 73.0 Å². The Bertz CT molecular complexity index is 527. The quantitative estimate of drug-likeness (QED) is 0.694. The van der Waals surface area contributed by atoms with Crippen molar-refractivity contribution >= 4 is 5.91 Å². The van der Waals surface area contributed by atoms with E-state index in [2.05, 4.69) is 32.7 Å². The minimum absolute atomic E-state index is 0.0439. The fourth-order valence-electron chi connectivity index (χ4n) is 3.63. The second-order valence-electron chi connectivity index (χ2n) is 6.80. The van der Waals surface area contributed by atoms with Gasteiger partial charge in [0.05, 0.1) is 0 Å². The molecule has 6 nitrogen and oxygen atoms in total. The van der Waals surface area contributed by atoms with Crippen molar-refractivity contribution in [3.63, 3.8) is 0 Å². The number of carbonyl (C=O) groups excluding carboxylic acids is 1. The molecule has 3 rings (SSSR count). The Morgan fingerprint density at radius 2 is 2.30 bits per heavy atom. The van der Waals surface area contributed by atoms with Crippen LogP contribution in [0.1, 0.15) is 60.8 Å². The van der Waals surface area contributed by atoms with Crippen LogP contribution in [0.5, 0.6) is 0 Å². The largest absolute Gasteiger partial charge is 0.351 e. The number of nitrogens with zero attached hydrogens (tertiary/aromatic N) is 2. The molecule has 2 aliphatic heterocycles. The lowest BCUT2D eigenvalue weighted by Gasteiger charge is -2.33. The first-order valence-corrected chi connectivity index (χ1v) is 9.05. The van der Waals surface area contributed by atoms with Crippen molar-refractivity contribution < 1.29 is 4.79 Å². The minimum Gasteiger partial charge on any atom is -0.351 e. The average molecular weight is 319 g/mol. The molecule has 0 aromatic carbocycles. The van der Waals surface area contributed by atoms with Gasteiger partial charge in [0.15, 0.2) is 5.69 Å². The molecule has 3 heterocycles. The number of aromatic amines is 1. The van der Waals surface area contributed by atoms with Crippen molar-refractivity contribution in [1.82, 2.24) is 25.7 Å². The summed E-state index contributed by atoms with van der Waals surface area (Å²) in [7, 11) is 0. The number of aromatic nitrogens is 2. The van der Waals surface area contributed by atoms with E-state index in [1.807, 2.05) is 0 Å². The predicted octanol–water partition coefficient (Wildman–Crippen LogP) is 1.44.